The van der Waals surface area contributed by atoms with Crippen molar-refractivity contribution >= 4 is 11.8 Å². The summed E-state index contributed by atoms with van der Waals surface area (Å²) in [7, 11) is 0. The van der Waals surface area contributed by atoms with Gasteiger partial charge in [-0.2, -0.15) is 0 Å². The number of carbonyl (C=O) groups is 2. The van der Waals surface area contributed by atoms with E-state index in [-0.39, 0.29) is 17.2 Å². The molecule has 0 aliphatic rings. The minimum atomic E-state index is -0.979. The maximum Gasteiger partial charge on any atom is 0.336 e. The number of carbonyl (C=O) groups excluding carboxylic acids is 1. The second kappa shape index (κ2) is 9.34. The molecular weight excluding hydrogens is 404 g/mol. The predicted octanol–water partition coefficient (Wildman–Crippen LogP) is 4.27. The lowest BCUT2D eigenvalue weighted by Crippen LogP contribution is -2.07. The molecule has 0 saturated heterocycles. The molecule has 0 atom stereocenters. The van der Waals surface area contributed by atoms with E-state index in [9.17, 15) is 14.7 Å². The Morgan fingerprint density at radius 3 is 2.41 bits per heavy atom. The highest BCUT2D eigenvalue weighted by atomic mass is 16.4. The minimum absolute atomic E-state index is 0.173. The van der Waals surface area contributed by atoms with E-state index in [1.165, 1.54) is 0 Å². The molecule has 0 bridgehead atoms. The summed E-state index contributed by atoms with van der Waals surface area (Å²) < 4.78 is 1.76. The Morgan fingerprint density at radius 1 is 0.969 bits per heavy atom. The summed E-state index contributed by atoms with van der Waals surface area (Å²) in [6, 6.07) is 19.5. The van der Waals surface area contributed by atoms with Crippen LogP contribution in [0.1, 0.15) is 51.4 Å². The Kier molecular flexibility index (Phi) is 6.17. The van der Waals surface area contributed by atoms with Gasteiger partial charge < -0.3 is 5.11 Å². The molecule has 0 aliphatic carbocycles. The van der Waals surface area contributed by atoms with Crippen molar-refractivity contribution in [1.29, 1.82) is 0 Å². The van der Waals surface area contributed by atoms with Crippen LogP contribution in [0, 0.1) is 0 Å². The van der Waals surface area contributed by atoms with E-state index in [4.69, 9.17) is 0 Å². The molecule has 7 heteroatoms. The summed E-state index contributed by atoms with van der Waals surface area (Å²) in [5.41, 5.74) is 2.87. The van der Waals surface area contributed by atoms with Crippen molar-refractivity contribution in [3.05, 3.63) is 101 Å². The van der Waals surface area contributed by atoms with Gasteiger partial charge in [-0.05, 0) is 24.1 Å². The lowest BCUT2D eigenvalue weighted by Gasteiger charge is -2.07. The first-order valence-electron chi connectivity index (χ1n) is 10.4. The smallest absolute Gasteiger partial charge is 0.336 e. The number of pyridine rings is 1. The molecule has 0 saturated carbocycles. The molecule has 2 heterocycles. The SMILES string of the molecule is CCCn1nc(C(=O)c2ccccc2)nc1Cc1ccc(-c2ccccc2C(=O)O)cn1. The monoisotopic (exact) mass is 426 g/mol. The first kappa shape index (κ1) is 21.1. The Bertz CT molecular complexity index is 1250. The molecule has 0 aliphatic heterocycles. The Balaban J connectivity index is 1.60. The lowest BCUT2D eigenvalue weighted by molar-refractivity contribution is 0.0697. The fraction of sp³-hybridized carbons (Fsp3) is 0.160. The summed E-state index contributed by atoms with van der Waals surface area (Å²) in [4.78, 5) is 33.3. The van der Waals surface area contributed by atoms with Gasteiger partial charge in [0.1, 0.15) is 5.82 Å². The van der Waals surface area contributed by atoms with Gasteiger partial charge in [-0.15, -0.1) is 5.10 Å². The van der Waals surface area contributed by atoms with Gasteiger partial charge in [0.15, 0.2) is 0 Å². The molecular formula is C25H22N4O3. The Labute approximate surface area is 185 Å². The van der Waals surface area contributed by atoms with E-state index in [0.717, 1.165) is 17.7 Å². The quantitative estimate of drug-likeness (QED) is 0.423. The van der Waals surface area contributed by atoms with Gasteiger partial charge in [0.2, 0.25) is 11.6 Å². The number of carboxylic acids is 1. The second-order valence-corrected chi connectivity index (χ2v) is 7.34. The molecule has 0 radical (unpaired) electrons. The standard InChI is InChI=1S/C25H22N4O3/c1-2-14-29-22(27-24(28-29)23(30)17-8-4-3-5-9-17)15-19-13-12-18(16-26-19)20-10-6-7-11-21(20)25(31)32/h3-13,16H,2,14-15H2,1H3,(H,31,32). The number of benzene rings is 2. The highest BCUT2D eigenvalue weighted by Crippen LogP contribution is 2.23. The molecule has 2 aromatic heterocycles. The number of carboxylic acid groups (broad SMARTS) is 1. The fourth-order valence-corrected chi connectivity index (χ4v) is 3.48. The van der Waals surface area contributed by atoms with Crippen molar-refractivity contribution in [2.75, 3.05) is 0 Å². The van der Waals surface area contributed by atoms with Gasteiger partial charge in [-0.1, -0.05) is 61.5 Å². The second-order valence-electron chi connectivity index (χ2n) is 7.34. The first-order chi connectivity index (χ1) is 15.6. The average molecular weight is 426 g/mol. The number of rotatable bonds is 8. The minimum Gasteiger partial charge on any atom is -0.478 e. The lowest BCUT2D eigenvalue weighted by atomic mass is 10.0. The molecule has 4 aromatic rings. The Hall–Kier alpha value is -4.13. The maximum absolute atomic E-state index is 12.8. The zero-order valence-corrected chi connectivity index (χ0v) is 17.6. The molecule has 32 heavy (non-hydrogen) atoms. The van der Waals surface area contributed by atoms with Crippen LogP contribution in [0.25, 0.3) is 11.1 Å². The molecule has 0 spiro atoms. The Morgan fingerprint density at radius 2 is 1.72 bits per heavy atom. The summed E-state index contributed by atoms with van der Waals surface area (Å²) in [6.07, 6.45) is 2.93. The number of aromatic carboxylic acids is 1. The van der Waals surface area contributed by atoms with E-state index in [0.29, 0.717) is 29.9 Å². The third kappa shape index (κ3) is 4.46. The highest BCUT2D eigenvalue weighted by Gasteiger charge is 2.18. The molecule has 4 rings (SSSR count). The van der Waals surface area contributed by atoms with E-state index < -0.39 is 5.97 Å². The van der Waals surface area contributed by atoms with Crippen molar-refractivity contribution < 1.29 is 14.7 Å². The van der Waals surface area contributed by atoms with Crippen LogP contribution in [-0.4, -0.2) is 36.6 Å². The van der Waals surface area contributed by atoms with Crippen LogP contribution >= 0.6 is 0 Å². The van der Waals surface area contributed by atoms with Crippen LogP contribution in [0.3, 0.4) is 0 Å². The first-order valence-corrected chi connectivity index (χ1v) is 10.4. The number of aromatic nitrogens is 4. The molecule has 0 amide bonds. The molecule has 7 nitrogen and oxygen atoms in total. The van der Waals surface area contributed by atoms with Crippen LogP contribution in [0.4, 0.5) is 0 Å². The third-order valence-electron chi connectivity index (χ3n) is 5.06. The number of hydrogen-bond acceptors (Lipinski definition) is 5. The van der Waals surface area contributed by atoms with Gasteiger partial charge in [-0.3, -0.25) is 9.78 Å². The van der Waals surface area contributed by atoms with Gasteiger partial charge >= 0.3 is 5.97 Å². The zero-order valence-electron chi connectivity index (χ0n) is 17.6. The molecule has 2 aromatic carbocycles. The number of aryl methyl sites for hydroxylation is 1. The van der Waals surface area contributed by atoms with E-state index in [1.807, 2.05) is 37.3 Å². The van der Waals surface area contributed by atoms with Crippen LogP contribution in [0.5, 0.6) is 0 Å². The number of ketones is 1. The maximum atomic E-state index is 12.8. The van der Waals surface area contributed by atoms with Crippen molar-refractivity contribution in [1.82, 2.24) is 19.7 Å². The van der Waals surface area contributed by atoms with E-state index in [2.05, 4.69) is 15.1 Å². The normalized spacial score (nSPS) is 10.8. The molecule has 0 unspecified atom stereocenters. The number of hydrogen-bond donors (Lipinski definition) is 1. The molecule has 0 fully saturated rings. The van der Waals surface area contributed by atoms with Gasteiger partial charge in [0.05, 0.1) is 5.56 Å². The topological polar surface area (TPSA) is 98.0 Å². The van der Waals surface area contributed by atoms with Crippen LogP contribution in [-0.2, 0) is 13.0 Å². The van der Waals surface area contributed by atoms with Crippen molar-refractivity contribution in [3.63, 3.8) is 0 Å². The summed E-state index contributed by atoms with van der Waals surface area (Å²) >= 11 is 0. The largest absolute Gasteiger partial charge is 0.478 e. The third-order valence-corrected chi connectivity index (χ3v) is 5.06. The summed E-state index contributed by atoms with van der Waals surface area (Å²) in [5, 5.41) is 13.9. The average Bonchev–Trinajstić information content (AvgIpc) is 3.22. The van der Waals surface area contributed by atoms with E-state index >= 15 is 0 Å². The van der Waals surface area contributed by atoms with Crippen LogP contribution in [0.2, 0.25) is 0 Å². The predicted molar refractivity (Wildman–Crippen MR) is 120 cm³/mol. The van der Waals surface area contributed by atoms with Gasteiger partial charge in [-0.25, -0.2) is 14.5 Å². The van der Waals surface area contributed by atoms with E-state index in [1.54, 1.807) is 47.3 Å². The van der Waals surface area contributed by atoms with Crippen LogP contribution in [0.15, 0.2) is 72.9 Å². The summed E-state index contributed by atoms with van der Waals surface area (Å²) in [5.74, 6) is -0.354. The van der Waals surface area contributed by atoms with Crippen molar-refractivity contribution in [2.24, 2.45) is 0 Å². The zero-order chi connectivity index (χ0) is 22.5. The van der Waals surface area contributed by atoms with Gasteiger partial charge in [0.25, 0.3) is 0 Å². The van der Waals surface area contributed by atoms with Crippen LogP contribution < -0.4 is 0 Å². The highest BCUT2D eigenvalue weighted by molar-refractivity contribution is 6.06. The van der Waals surface area contributed by atoms with Gasteiger partial charge in [0, 0.05) is 36.0 Å². The van der Waals surface area contributed by atoms with Crippen molar-refractivity contribution in [3.8, 4) is 11.1 Å². The molecule has 1 N–H and O–H groups in total. The number of nitrogens with zero attached hydrogens (tertiary/aromatic N) is 4. The summed E-state index contributed by atoms with van der Waals surface area (Å²) in [6.45, 7) is 2.69. The molecule has 160 valence electrons. The fourth-order valence-electron chi connectivity index (χ4n) is 3.48. The van der Waals surface area contributed by atoms with Crippen molar-refractivity contribution in [2.45, 2.75) is 26.3 Å².